The number of nitrogens with one attached hydrogen (secondary N) is 1. The quantitative estimate of drug-likeness (QED) is 0.804. The molecule has 1 fully saturated rings. The molecule has 4 rings (SSSR count). The predicted molar refractivity (Wildman–Crippen MR) is 102 cm³/mol. The highest BCUT2D eigenvalue weighted by atomic mass is 35.5. The highest BCUT2D eigenvalue weighted by molar-refractivity contribution is 7.89. The van der Waals surface area contributed by atoms with Gasteiger partial charge in [-0.25, -0.2) is 8.42 Å². The summed E-state index contributed by atoms with van der Waals surface area (Å²) in [7, 11) is -3.65. The highest BCUT2D eigenvalue weighted by Crippen LogP contribution is 2.32. The van der Waals surface area contributed by atoms with Crippen molar-refractivity contribution in [3.8, 4) is 11.5 Å². The molecule has 2 aliphatic heterocycles. The van der Waals surface area contributed by atoms with E-state index in [1.165, 1.54) is 21.3 Å². The maximum absolute atomic E-state index is 12.9. The van der Waals surface area contributed by atoms with Crippen LogP contribution < -0.4 is 14.4 Å². The van der Waals surface area contributed by atoms with E-state index in [4.69, 9.17) is 32.7 Å². The topological polar surface area (TPSA) is 60.3 Å². The number of benzene rings is 2. The van der Waals surface area contributed by atoms with Crippen LogP contribution in [-0.2, 0) is 16.6 Å². The molecule has 1 N–H and O–H groups in total. The third-order valence-corrected chi connectivity index (χ3v) is 7.45. The Morgan fingerprint density at radius 2 is 1.74 bits per heavy atom. The zero-order chi connectivity index (χ0) is 19.0. The molecule has 0 atom stereocenters. The summed E-state index contributed by atoms with van der Waals surface area (Å²) in [5.74, 6) is 1.53. The van der Waals surface area contributed by atoms with Crippen LogP contribution in [0, 0.1) is 0 Å². The average Bonchev–Trinajstić information content (AvgIpc) is 3.12. The molecule has 0 aliphatic carbocycles. The van der Waals surface area contributed by atoms with Gasteiger partial charge < -0.3 is 14.4 Å². The lowest BCUT2D eigenvalue weighted by molar-refractivity contribution is -0.917. The van der Waals surface area contributed by atoms with Crippen LogP contribution in [-0.4, -0.2) is 45.7 Å². The van der Waals surface area contributed by atoms with E-state index in [1.54, 1.807) is 6.07 Å². The third-order valence-electron chi connectivity index (χ3n) is 4.83. The van der Waals surface area contributed by atoms with Gasteiger partial charge in [0.25, 0.3) is 0 Å². The third kappa shape index (κ3) is 3.88. The Balaban J connectivity index is 1.42. The summed E-state index contributed by atoms with van der Waals surface area (Å²) in [6, 6.07) is 10.4. The first kappa shape index (κ1) is 18.8. The summed E-state index contributed by atoms with van der Waals surface area (Å²) in [6.45, 7) is 3.37. The van der Waals surface area contributed by atoms with Gasteiger partial charge in [0.2, 0.25) is 16.8 Å². The second-order valence-corrected chi connectivity index (χ2v) is 9.34. The van der Waals surface area contributed by atoms with Crippen LogP contribution in [0.25, 0.3) is 0 Å². The Hall–Kier alpha value is -1.51. The van der Waals surface area contributed by atoms with E-state index in [2.05, 4.69) is 0 Å². The SMILES string of the molecule is O=S(=O)(c1cc(Cl)ccc1Cl)N1CC[NH+](Cc2ccc3c(c2)OCO3)CC1. The maximum atomic E-state index is 12.9. The number of nitrogens with zero attached hydrogens (tertiary/aromatic N) is 1. The number of sulfonamides is 1. The Labute approximate surface area is 168 Å². The van der Waals surface area contributed by atoms with Crippen LogP contribution in [0.4, 0.5) is 0 Å². The monoisotopic (exact) mass is 429 g/mol. The molecule has 0 radical (unpaired) electrons. The number of hydrogen-bond acceptors (Lipinski definition) is 4. The van der Waals surface area contributed by atoms with Crippen LogP contribution in [0.15, 0.2) is 41.3 Å². The molecule has 0 aromatic heterocycles. The van der Waals surface area contributed by atoms with Gasteiger partial charge in [-0.15, -0.1) is 0 Å². The molecule has 0 unspecified atom stereocenters. The zero-order valence-electron chi connectivity index (χ0n) is 14.5. The van der Waals surface area contributed by atoms with Crippen LogP contribution in [0.1, 0.15) is 5.56 Å². The van der Waals surface area contributed by atoms with Crippen molar-refractivity contribution in [2.75, 3.05) is 33.0 Å². The molecular formula is C18H19Cl2N2O4S+. The Morgan fingerprint density at radius 3 is 2.52 bits per heavy atom. The van der Waals surface area contributed by atoms with Crippen molar-refractivity contribution < 1.29 is 22.8 Å². The summed E-state index contributed by atoms with van der Waals surface area (Å²) in [5.41, 5.74) is 1.14. The first-order valence-electron chi connectivity index (χ1n) is 8.61. The first-order chi connectivity index (χ1) is 12.9. The molecule has 0 saturated carbocycles. The van der Waals surface area contributed by atoms with Gasteiger partial charge >= 0.3 is 0 Å². The van der Waals surface area contributed by atoms with Crippen LogP contribution >= 0.6 is 23.2 Å². The molecule has 0 spiro atoms. The fourth-order valence-corrected chi connectivity index (χ4v) is 5.55. The van der Waals surface area contributed by atoms with E-state index >= 15 is 0 Å². The second kappa shape index (κ2) is 7.48. The maximum Gasteiger partial charge on any atom is 0.245 e. The van der Waals surface area contributed by atoms with Crippen LogP contribution in [0.5, 0.6) is 11.5 Å². The number of hydrogen-bond donors (Lipinski definition) is 1. The lowest BCUT2D eigenvalue weighted by Gasteiger charge is -2.31. The van der Waals surface area contributed by atoms with Gasteiger partial charge in [0, 0.05) is 10.6 Å². The van der Waals surface area contributed by atoms with Gasteiger partial charge in [0.05, 0.1) is 31.2 Å². The fourth-order valence-electron chi connectivity index (χ4n) is 3.37. The number of piperazine rings is 1. The van der Waals surface area contributed by atoms with Gasteiger partial charge in [-0.3, -0.25) is 0 Å². The van der Waals surface area contributed by atoms with Gasteiger partial charge in [-0.2, -0.15) is 4.31 Å². The van der Waals surface area contributed by atoms with Crippen molar-refractivity contribution in [1.29, 1.82) is 0 Å². The van der Waals surface area contributed by atoms with Crippen LogP contribution in [0.3, 0.4) is 0 Å². The molecule has 1 saturated heterocycles. The number of rotatable bonds is 4. The largest absolute Gasteiger partial charge is 0.454 e. The first-order valence-corrected chi connectivity index (χ1v) is 10.8. The number of fused-ring (bicyclic) bond motifs is 1. The van der Waals surface area contributed by atoms with E-state index in [0.29, 0.717) is 31.2 Å². The molecule has 0 amide bonds. The standard InChI is InChI=1S/C18H18Cl2N2O4S/c19-14-2-3-15(20)18(10-14)27(23,24)22-7-5-21(6-8-22)11-13-1-4-16-17(9-13)26-12-25-16/h1-4,9-10H,5-8,11-12H2/p+1. The molecule has 144 valence electrons. The van der Waals surface area contributed by atoms with E-state index in [-0.39, 0.29) is 16.7 Å². The van der Waals surface area contributed by atoms with Crippen molar-refractivity contribution in [2.45, 2.75) is 11.4 Å². The Bertz CT molecular complexity index is 960. The lowest BCUT2D eigenvalue weighted by Crippen LogP contribution is -3.13. The fraction of sp³-hybridized carbons (Fsp3) is 0.333. The molecule has 27 heavy (non-hydrogen) atoms. The number of quaternary nitrogens is 1. The van der Waals surface area contributed by atoms with Crippen molar-refractivity contribution in [2.24, 2.45) is 0 Å². The minimum absolute atomic E-state index is 0.0656. The smallest absolute Gasteiger partial charge is 0.245 e. The second-order valence-electron chi connectivity index (χ2n) is 6.59. The van der Waals surface area contributed by atoms with Crippen molar-refractivity contribution in [3.05, 3.63) is 52.0 Å². The summed E-state index contributed by atoms with van der Waals surface area (Å²) < 4.78 is 38.0. The minimum atomic E-state index is -3.65. The molecule has 6 nitrogen and oxygen atoms in total. The van der Waals surface area contributed by atoms with E-state index < -0.39 is 10.0 Å². The van der Waals surface area contributed by atoms with Crippen molar-refractivity contribution in [3.63, 3.8) is 0 Å². The Morgan fingerprint density at radius 1 is 1.00 bits per heavy atom. The van der Waals surface area contributed by atoms with Gasteiger partial charge in [0.1, 0.15) is 11.4 Å². The number of ether oxygens (including phenoxy) is 2. The molecule has 9 heteroatoms. The predicted octanol–water partition coefficient (Wildman–Crippen LogP) is 1.81. The van der Waals surface area contributed by atoms with Crippen LogP contribution in [0.2, 0.25) is 10.0 Å². The van der Waals surface area contributed by atoms with E-state index in [1.807, 2.05) is 18.2 Å². The van der Waals surface area contributed by atoms with E-state index in [9.17, 15) is 8.42 Å². The lowest BCUT2D eigenvalue weighted by atomic mass is 10.2. The number of halogens is 2. The van der Waals surface area contributed by atoms with E-state index in [0.717, 1.165) is 23.6 Å². The molecule has 0 bridgehead atoms. The summed E-state index contributed by atoms with van der Waals surface area (Å²) in [6.07, 6.45) is 0. The molecule has 2 heterocycles. The average molecular weight is 430 g/mol. The summed E-state index contributed by atoms with van der Waals surface area (Å²) >= 11 is 12.0. The Kier molecular flexibility index (Phi) is 5.22. The zero-order valence-corrected chi connectivity index (χ0v) is 16.8. The highest BCUT2D eigenvalue weighted by Gasteiger charge is 2.32. The van der Waals surface area contributed by atoms with Gasteiger partial charge in [0.15, 0.2) is 11.5 Å². The molecule has 2 aromatic carbocycles. The minimum Gasteiger partial charge on any atom is -0.454 e. The summed E-state index contributed by atoms with van der Waals surface area (Å²) in [5, 5.41) is 0.541. The normalized spacial score (nSPS) is 18.0. The summed E-state index contributed by atoms with van der Waals surface area (Å²) in [4.78, 5) is 1.38. The van der Waals surface area contributed by atoms with Gasteiger partial charge in [-0.05, 0) is 36.4 Å². The van der Waals surface area contributed by atoms with Gasteiger partial charge in [-0.1, -0.05) is 23.2 Å². The molecular weight excluding hydrogens is 411 g/mol. The molecule has 2 aromatic rings. The molecule has 2 aliphatic rings. The van der Waals surface area contributed by atoms with Crippen molar-refractivity contribution >= 4 is 33.2 Å². The van der Waals surface area contributed by atoms with Crippen molar-refractivity contribution in [1.82, 2.24) is 4.31 Å².